The molecule has 40 heavy (non-hydrogen) atoms. The molecule has 0 saturated heterocycles. The number of hydrogen-bond acceptors (Lipinski definition) is 3. The van der Waals surface area contributed by atoms with Gasteiger partial charge in [0.1, 0.15) is 11.5 Å². The SMILES string of the molecule is Cc1c(-c2ccc(O)cc2)n(CCCCCCN(C)CCCCCCCC(F)(F)C(F)(F)F)c2ccc(O)cc12. The van der Waals surface area contributed by atoms with Crippen LogP contribution in [0.3, 0.4) is 0 Å². The molecule has 0 unspecified atom stereocenters. The number of rotatable bonds is 16. The number of phenols is 2. The first-order valence-corrected chi connectivity index (χ1v) is 14.1. The Kier molecular flexibility index (Phi) is 11.3. The van der Waals surface area contributed by atoms with Crippen molar-refractivity contribution in [2.45, 2.75) is 89.8 Å². The summed E-state index contributed by atoms with van der Waals surface area (Å²) in [5.41, 5.74) is 4.28. The monoisotopic (exact) mass is 568 g/mol. The zero-order valence-electron chi connectivity index (χ0n) is 23.4. The molecule has 1 heterocycles. The third-order valence-corrected chi connectivity index (χ3v) is 7.56. The van der Waals surface area contributed by atoms with E-state index in [1.165, 1.54) is 0 Å². The fraction of sp³-hybridized carbons (Fsp3) is 0.548. The van der Waals surface area contributed by atoms with E-state index in [-0.39, 0.29) is 17.9 Å². The molecule has 0 saturated carbocycles. The molecule has 0 fully saturated rings. The van der Waals surface area contributed by atoms with E-state index >= 15 is 0 Å². The molecule has 0 bridgehead atoms. The summed E-state index contributed by atoms with van der Waals surface area (Å²) in [4.78, 5) is 2.25. The summed E-state index contributed by atoms with van der Waals surface area (Å²) in [6, 6.07) is 12.7. The lowest BCUT2D eigenvalue weighted by Crippen LogP contribution is -2.36. The predicted molar refractivity (Wildman–Crippen MR) is 150 cm³/mol. The molecule has 0 aliphatic rings. The smallest absolute Gasteiger partial charge is 0.453 e. The highest BCUT2D eigenvalue weighted by Gasteiger charge is 2.56. The van der Waals surface area contributed by atoms with E-state index in [2.05, 4.69) is 23.4 Å². The van der Waals surface area contributed by atoms with Crippen LogP contribution in [0.5, 0.6) is 11.5 Å². The van der Waals surface area contributed by atoms with E-state index in [0.717, 1.165) is 85.9 Å². The van der Waals surface area contributed by atoms with Crippen molar-refractivity contribution >= 4 is 10.9 Å². The summed E-state index contributed by atoms with van der Waals surface area (Å²) in [6.45, 7) is 4.75. The minimum atomic E-state index is -5.45. The van der Waals surface area contributed by atoms with Crippen LogP contribution < -0.4 is 0 Å². The van der Waals surface area contributed by atoms with E-state index in [1.807, 2.05) is 18.2 Å². The summed E-state index contributed by atoms with van der Waals surface area (Å²) >= 11 is 0. The van der Waals surface area contributed by atoms with Crippen LogP contribution in [0.4, 0.5) is 22.0 Å². The summed E-state index contributed by atoms with van der Waals surface area (Å²) in [7, 11) is 2.05. The number of benzene rings is 2. The first-order chi connectivity index (χ1) is 18.9. The van der Waals surface area contributed by atoms with Crippen LogP contribution in [-0.4, -0.2) is 51.9 Å². The molecule has 0 spiro atoms. The number of aromatic nitrogens is 1. The molecule has 2 aromatic carbocycles. The number of alkyl halides is 5. The molecule has 0 atom stereocenters. The largest absolute Gasteiger partial charge is 0.508 e. The minimum absolute atomic E-state index is 0.111. The van der Waals surface area contributed by atoms with Crippen molar-refractivity contribution < 1.29 is 32.2 Å². The lowest BCUT2D eigenvalue weighted by Gasteiger charge is -2.19. The molecule has 3 aromatic rings. The normalized spacial score (nSPS) is 12.6. The Balaban J connectivity index is 1.37. The van der Waals surface area contributed by atoms with Gasteiger partial charge in [-0.1, -0.05) is 32.1 Å². The van der Waals surface area contributed by atoms with Crippen molar-refractivity contribution in [3.05, 3.63) is 48.0 Å². The van der Waals surface area contributed by atoms with E-state index < -0.39 is 18.5 Å². The Morgan fingerprint density at radius 2 is 1.27 bits per heavy atom. The van der Waals surface area contributed by atoms with Crippen LogP contribution in [0.1, 0.15) is 69.8 Å². The molecule has 0 radical (unpaired) electrons. The molecular formula is C31H41F5N2O2. The quantitative estimate of drug-likeness (QED) is 0.134. The molecule has 0 aliphatic heterocycles. The van der Waals surface area contributed by atoms with Crippen molar-refractivity contribution in [2.75, 3.05) is 20.1 Å². The van der Waals surface area contributed by atoms with Crippen LogP contribution >= 0.6 is 0 Å². The van der Waals surface area contributed by atoms with Gasteiger partial charge in [-0.15, -0.1) is 0 Å². The topological polar surface area (TPSA) is 48.6 Å². The van der Waals surface area contributed by atoms with E-state index in [9.17, 15) is 32.2 Å². The average Bonchev–Trinajstić information content (AvgIpc) is 3.15. The van der Waals surface area contributed by atoms with E-state index in [4.69, 9.17) is 0 Å². The second-order valence-corrected chi connectivity index (χ2v) is 10.8. The Morgan fingerprint density at radius 1 is 0.725 bits per heavy atom. The molecule has 1 aromatic heterocycles. The van der Waals surface area contributed by atoms with Crippen molar-refractivity contribution in [1.82, 2.24) is 9.47 Å². The van der Waals surface area contributed by atoms with Gasteiger partial charge >= 0.3 is 12.1 Å². The van der Waals surface area contributed by atoms with Gasteiger partial charge in [0.2, 0.25) is 0 Å². The van der Waals surface area contributed by atoms with Gasteiger partial charge in [0.15, 0.2) is 0 Å². The maximum atomic E-state index is 12.9. The fourth-order valence-corrected chi connectivity index (χ4v) is 5.25. The second kappa shape index (κ2) is 14.2. The third kappa shape index (κ3) is 8.59. The number of unbranched alkanes of at least 4 members (excludes halogenated alkanes) is 7. The summed E-state index contributed by atoms with van der Waals surface area (Å²) in [5.74, 6) is -4.13. The molecule has 2 N–H and O–H groups in total. The van der Waals surface area contributed by atoms with E-state index in [0.29, 0.717) is 12.8 Å². The van der Waals surface area contributed by atoms with Crippen molar-refractivity contribution in [3.63, 3.8) is 0 Å². The van der Waals surface area contributed by atoms with Gasteiger partial charge in [-0.25, -0.2) is 0 Å². The maximum Gasteiger partial charge on any atom is 0.453 e. The number of fused-ring (bicyclic) bond motifs is 1. The lowest BCUT2D eigenvalue weighted by molar-refractivity contribution is -0.284. The van der Waals surface area contributed by atoms with Crippen LogP contribution in [0.15, 0.2) is 42.5 Å². The molecule has 222 valence electrons. The summed E-state index contributed by atoms with van der Waals surface area (Å²) in [5, 5.41) is 20.8. The molecule has 0 amide bonds. The van der Waals surface area contributed by atoms with Crippen LogP contribution in [0.25, 0.3) is 22.2 Å². The van der Waals surface area contributed by atoms with Crippen molar-refractivity contribution in [1.29, 1.82) is 0 Å². The van der Waals surface area contributed by atoms with E-state index in [1.54, 1.807) is 24.3 Å². The van der Waals surface area contributed by atoms with Crippen LogP contribution in [0, 0.1) is 6.92 Å². The maximum absolute atomic E-state index is 12.9. The van der Waals surface area contributed by atoms with Crippen LogP contribution in [-0.2, 0) is 6.54 Å². The van der Waals surface area contributed by atoms with Crippen LogP contribution in [0.2, 0.25) is 0 Å². The number of aromatic hydroxyl groups is 2. The van der Waals surface area contributed by atoms with Gasteiger partial charge in [0.25, 0.3) is 0 Å². The summed E-state index contributed by atoms with van der Waals surface area (Å²) in [6.07, 6.45) is 0.329. The molecule has 9 heteroatoms. The highest BCUT2D eigenvalue weighted by molar-refractivity contribution is 5.92. The van der Waals surface area contributed by atoms with Gasteiger partial charge < -0.3 is 19.7 Å². The van der Waals surface area contributed by atoms with Gasteiger partial charge in [-0.05, 0) is 106 Å². The van der Waals surface area contributed by atoms with Gasteiger partial charge in [0.05, 0.1) is 5.69 Å². The molecule has 4 nitrogen and oxygen atoms in total. The predicted octanol–water partition coefficient (Wildman–Crippen LogP) is 9.06. The average molecular weight is 569 g/mol. The first kappa shape index (κ1) is 31.7. The standard InChI is InChI=1S/C31H41F5N2O2/c1-23-27-22-26(40)16-17-28(27)38(29(23)24-12-14-25(39)15-13-24)21-11-7-6-10-20-37(2)19-9-5-3-4-8-18-30(32,33)31(34,35)36/h12-17,22,39-40H,3-11,18-21H2,1-2H3. The second-order valence-electron chi connectivity index (χ2n) is 10.8. The number of hydrogen-bond donors (Lipinski definition) is 2. The number of halogens is 5. The van der Waals surface area contributed by atoms with Gasteiger partial charge in [-0.2, -0.15) is 22.0 Å². The number of nitrogens with zero attached hydrogens (tertiary/aromatic N) is 2. The van der Waals surface area contributed by atoms with Gasteiger partial charge in [-0.3, -0.25) is 0 Å². The zero-order chi connectivity index (χ0) is 29.3. The zero-order valence-corrected chi connectivity index (χ0v) is 23.4. The highest BCUT2D eigenvalue weighted by Crippen LogP contribution is 2.39. The fourth-order valence-electron chi connectivity index (χ4n) is 5.25. The first-order valence-electron chi connectivity index (χ1n) is 14.1. The lowest BCUT2D eigenvalue weighted by atomic mass is 10.1. The Bertz CT molecular complexity index is 1210. The Hall–Kier alpha value is -2.81. The number of aryl methyl sites for hydroxylation is 2. The summed E-state index contributed by atoms with van der Waals surface area (Å²) < 4.78 is 64.7. The number of phenolic OH excluding ortho intramolecular Hbond substituents is 2. The Labute approximate surface area is 233 Å². The highest BCUT2D eigenvalue weighted by atomic mass is 19.4. The minimum Gasteiger partial charge on any atom is -0.508 e. The Morgan fingerprint density at radius 3 is 1.90 bits per heavy atom. The van der Waals surface area contributed by atoms with Crippen molar-refractivity contribution in [3.8, 4) is 22.8 Å². The molecule has 3 rings (SSSR count). The molecular weight excluding hydrogens is 527 g/mol. The van der Waals surface area contributed by atoms with Gasteiger partial charge in [0, 0.05) is 23.9 Å². The third-order valence-electron chi connectivity index (χ3n) is 7.56. The molecule has 0 aliphatic carbocycles. The van der Waals surface area contributed by atoms with Crippen molar-refractivity contribution in [2.24, 2.45) is 0 Å².